The molecule has 0 atom stereocenters. The van der Waals surface area contributed by atoms with Gasteiger partial charge in [0.05, 0.1) is 29.1 Å². The fourth-order valence-corrected chi connectivity index (χ4v) is 3.29. The first-order valence-corrected chi connectivity index (χ1v) is 8.62. The van der Waals surface area contributed by atoms with E-state index in [9.17, 15) is 9.59 Å². The molecular weight excluding hydrogens is 342 g/mol. The second-order valence-corrected chi connectivity index (χ2v) is 7.10. The van der Waals surface area contributed by atoms with Crippen LogP contribution in [0.15, 0.2) is 30.5 Å². The van der Waals surface area contributed by atoms with E-state index < -0.39 is 5.97 Å². The van der Waals surface area contributed by atoms with E-state index in [1.165, 1.54) is 0 Å². The number of halogens is 1. The Morgan fingerprint density at radius 1 is 1.36 bits per heavy atom. The van der Waals surface area contributed by atoms with Crippen LogP contribution in [0.2, 0.25) is 5.02 Å². The summed E-state index contributed by atoms with van der Waals surface area (Å²) in [6, 6.07) is 7.21. The van der Waals surface area contributed by atoms with Crippen molar-refractivity contribution in [2.24, 2.45) is 5.92 Å². The molecule has 0 spiro atoms. The van der Waals surface area contributed by atoms with Gasteiger partial charge in [-0.3, -0.25) is 9.59 Å². The average molecular weight is 362 g/mol. The van der Waals surface area contributed by atoms with Crippen LogP contribution in [0.4, 0.5) is 0 Å². The number of hydrogen-bond donors (Lipinski definition) is 2. The number of carboxylic acids is 1. The van der Waals surface area contributed by atoms with Crippen LogP contribution >= 0.6 is 11.6 Å². The number of aromatic nitrogens is 2. The van der Waals surface area contributed by atoms with Gasteiger partial charge >= 0.3 is 5.97 Å². The molecule has 2 aromatic rings. The van der Waals surface area contributed by atoms with Crippen molar-refractivity contribution in [1.29, 1.82) is 0 Å². The largest absolute Gasteiger partial charge is 0.481 e. The highest BCUT2D eigenvalue weighted by Crippen LogP contribution is 2.29. The molecular formula is C18H20ClN3O3. The van der Waals surface area contributed by atoms with Crippen molar-refractivity contribution in [2.45, 2.75) is 38.6 Å². The predicted octanol–water partition coefficient (Wildman–Crippen LogP) is 3.24. The van der Waals surface area contributed by atoms with E-state index in [2.05, 4.69) is 10.4 Å². The first kappa shape index (κ1) is 17.5. The van der Waals surface area contributed by atoms with Gasteiger partial charge < -0.3 is 10.4 Å². The van der Waals surface area contributed by atoms with Crippen LogP contribution in [0.1, 0.15) is 48.7 Å². The van der Waals surface area contributed by atoms with Gasteiger partial charge in [-0.2, -0.15) is 5.10 Å². The van der Waals surface area contributed by atoms with Crippen molar-refractivity contribution < 1.29 is 14.7 Å². The molecule has 0 saturated heterocycles. The highest BCUT2D eigenvalue weighted by atomic mass is 35.5. The van der Waals surface area contributed by atoms with Crippen LogP contribution in [0.25, 0.3) is 5.69 Å². The number of carbonyl (C=O) groups excluding carboxylic acids is 1. The second-order valence-electron chi connectivity index (χ2n) is 6.67. The maximum Gasteiger partial charge on any atom is 0.306 e. The van der Waals surface area contributed by atoms with E-state index in [-0.39, 0.29) is 23.8 Å². The van der Waals surface area contributed by atoms with Crippen LogP contribution in [-0.4, -0.2) is 32.8 Å². The molecule has 7 heteroatoms. The summed E-state index contributed by atoms with van der Waals surface area (Å²) in [6.45, 7) is 4.00. The molecule has 1 heterocycles. The summed E-state index contributed by atoms with van der Waals surface area (Å²) in [6.07, 6.45) is 2.50. The average Bonchev–Trinajstić information content (AvgIpc) is 2.95. The van der Waals surface area contributed by atoms with Crippen molar-refractivity contribution in [2.75, 3.05) is 0 Å². The number of amides is 1. The molecule has 1 amide bonds. The highest BCUT2D eigenvalue weighted by Gasteiger charge is 2.36. The maximum atomic E-state index is 12.6. The lowest BCUT2D eigenvalue weighted by molar-refractivity contribution is -0.145. The Bertz CT molecular complexity index is 810. The minimum Gasteiger partial charge on any atom is -0.481 e. The standard InChI is InChI=1S/C18H20ClN3O3/c1-10(2)16-15(17(23)21-13-6-11(7-13)18(24)25)9-20-22(16)14-5-3-4-12(19)8-14/h3-5,8-11,13H,6-7H2,1-2H3,(H,21,23)(H,24,25). The molecule has 3 rings (SSSR count). The van der Waals surface area contributed by atoms with E-state index in [0.29, 0.717) is 23.4 Å². The van der Waals surface area contributed by atoms with Gasteiger partial charge in [-0.25, -0.2) is 4.68 Å². The molecule has 2 N–H and O–H groups in total. The molecule has 6 nitrogen and oxygen atoms in total. The fraction of sp³-hybridized carbons (Fsp3) is 0.389. The van der Waals surface area contributed by atoms with Gasteiger partial charge in [0.25, 0.3) is 5.91 Å². The van der Waals surface area contributed by atoms with Gasteiger partial charge in [0.2, 0.25) is 0 Å². The summed E-state index contributed by atoms with van der Waals surface area (Å²) in [5.41, 5.74) is 2.10. The molecule has 0 unspecified atom stereocenters. The number of nitrogens with one attached hydrogen (secondary N) is 1. The van der Waals surface area contributed by atoms with Crippen molar-refractivity contribution in [3.63, 3.8) is 0 Å². The van der Waals surface area contributed by atoms with E-state index in [0.717, 1.165) is 11.4 Å². The van der Waals surface area contributed by atoms with Crippen LogP contribution in [0.3, 0.4) is 0 Å². The van der Waals surface area contributed by atoms with E-state index >= 15 is 0 Å². The molecule has 1 fully saturated rings. The van der Waals surface area contributed by atoms with Crippen LogP contribution in [0.5, 0.6) is 0 Å². The van der Waals surface area contributed by atoms with Gasteiger partial charge in [0, 0.05) is 11.1 Å². The van der Waals surface area contributed by atoms with Crippen LogP contribution in [-0.2, 0) is 4.79 Å². The van der Waals surface area contributed by atoms with E-state index in [4.69, 9.17) is 16.7 Å². The van der Waals surface area contributed by atoms with Gasteiger partial charge in [-0.1, -0.05) is 31.5 Å². The van der Waals surface area contributed by atoms with Gasteiger partial charge in [-0.05, 0) is 37.0 Å². The number of nitrogens with zero attached hydrogens (tertiary/aromatic N) is 2. The Morgan fingerprint density at radius 2 is 2.08 bits per heavy atom. The molecule has 1 aromatic carbocycles. The summed E-state index contributed by atoms with van der Waals surface area (Å²) in [5, 5.41) is 16.8. The third-order valence-corrected chi connectivity index (χ3v) is 4.71. The van der Waals surface area contributed by atoms with Crippen molar-refractivity contribution in [3.8, 4) is 5.69 Å². The maximum absolute atomic E-state index is 12.6. The number of carboxylic acid groups (broad SMARTS) is 1. The highest BCUT2D eigenvalue weighted by molar-refractivity contribution is 6.30. The summed E-state index contributed by atoms with van der Waals surface area (Å²) >= 11 is 6.06. The van der Waals surface area contributed by atoms with Gasteiger partial charge in [0.1, 0.15) is 0 Å². The predicted molar refractivity (Wildman–Crippen MR) is 94.3 cm³/mol. The summed E-state index contributed by atoms with van der Waals surface area (Å²) in [7, 11) is 0. The third kappa shape index (κ3) is 3.54. The molecule has 132 valence electrons. The normalized spacial score (nSPS) is 19.5. The Kier molecular flexibility index (Phi) is 4.81. The third-order valence-electron chi connectivity index (χ3n) is 4.47. The lowest BCUT2D eigenvalue weighted by Gasteiger charge is -2.32. The van der Waals surface area contributed by atoms with Crippen LogP contribution in [0, 0.1) is 5.92 Å². The van der Waals surface area contributed by atoms with Crippen molar-refractivity contribution in [1.82, 2.24) is 15.1 Å². The first-order chi connectivity index (χ1) is 11.9. The second kappa shape index (κ2) is 6.88. The number of hydrogen-bond acceptors (Lipinski definition) is 3. The minimum atomic E-state index is -0.804. The molecule has 0 aliphatic heterocycles. The Hall–Kier alpha value is -2.34. The number of aliphatic carboxylic acids is 1. The Morgan fingerprint density at radius 3 is 2.68 bits per heavy atom. The molecule has 0 radical (unpaired) electrons. The summed E-state index contributed by atoms with van der Waals surface area (Å²) in [5.74, 6) is -1.30. The molecule has 1 saturated carbocycles. The van der Waals surface area contributed by atoms with Gasteiger partial charge in [-0.15, -0.1) is 0 Å². The molecule has 1 aromatic heterocycles. The zero-order chi connectivity index (χ0) is 18.1. The lowest BCUT2D eigenvalue weighted by Crippen LogP contribution is -2.46. The van der Waals surface area contributed by atoms with E-state index in [1.54, 1.807) is 23.0 Å². The molecule has 1 aliphatic carbocycles. The number of rotatable bonds is 5. The molecule has 0 bridgehead atoms. The lowest BCUT2D eigenvalue weighted by atomic mass is 9.80. The zero-order valence-electron chi connectivity index (χ0n) is 14.1. The van der Waals surface area contributed by atoms with Crippen molar-refractivity contribution >= 4 is 23.5 Å². The zero-order valence-corrected chi connectivity index (χ0v) is 14.8. The van der Waals surface area contributed by atoms with Crippen molar-refractivity contribution in [3.05, 3.63) is 46.7 Å². The molecule has 25 heavy (non-hydrogen) atoms. The topological polar surface area (TPSA) is 84.2 Å². The first-order valence-electron chi connectivity index (χ1n) is 8.24. The number of carbonyl (C=O) groups is 2. The monoisotopic (exact) mass is 361 g/mol. The van der Waals surface area contributed by atoms with Gasteiger partial charge in [0.15, 0.2) is 0 Å². The quantitative estimate of drug-likeness (QED) is 0.856. The van der Waals surface area contributed by atoms with E-state index in [1.807, 2.05) is 26.0 Å². The minimum absolute atomic E-state index is 0.0791. The summed E-state index contributed by atoms with van der Waals surface area (Å²) in [4.78, 5) is 23.5. The summed E-state index contributed by atoms with van der Waals surface area (Å²) < 4.78 is 1.73. The molecule has 1 aliphatic rings. The van der Waals surface area contributed by atoms with Crippen LogP contribution < -0.4 is 5.32 Å². The Labute approximate surface area is 150 Å². The smallest absolute Gasteiger partial charge is 0.306 e. The fourth-order valence-electron chi connectivity index (χ4n) is 3.10. The number of benzene rings is 1. The Balaban J connectivity index is 1.82. The SMILES string of the molecule is CC(C)c1c(C(=O)NC2CC(C(=O)O)C2)cnn1-c1cccc(Cl)c1.